The van der Waals surface area contributed by atoms with Crippen molar-refractivity contribution in [1.29, 1.82) is 0 Å². The van der Waals surface area contributed by atoms with Crippen molar-refractivity contribution in [2.24, 2.45) is 0 Å². The molecule has 0 saturated carbocycles. The minimum Gasteiger partial charge on any atom is -0.338 e. The highest BCUT2D eigenvalue weighted by atomic mass is 14.9. The van der Waals surface area contributed by atoms with Gasteiger partial charge in [-0.15, -0.1) is 0 Å². The first-order valence-corrected chi connectivity index (χ1v) is 8.23. The minimum atomic E-state index is 0.502. The van der Waals surface area contributed by atoms with Gasteiger partial charge in [0.05, 0.1) is 16.7 Å². The molecular formula is C21H19N3. The molecule has 0 aliphatic heterocycles. The summed E-state index contributed by atoms with van der Waals surface area (Å²) in [5, 5.41) is 0. The van der Waals surface area contributed by atoms with E-state index >= 15 is 0 Å². The maximum atomic E-state index is 4.79. The number of hydrogen-bond donors (Lipinski definition) is 1. The Labute approximate surface area is 141 Å². The molecule has 3 nitrogen and oxygen atoms in total. The molecule has 24 heavy (non-hydrogen) atoms. The molecule has 0 fully saturated rings. The Hall–Kier alpha value is -2.94. The van der Waals surface area contributed by atoms with Crippen LogP contribution in [0.1, 0.15) is 25.3 Å². The first-order valence-electron chi connectivity index (χ1n) is 8.23. The first kappa shape index (κ1) is 14.6. The molecule has 0 atom stereocenters. The molecule has 0 bridgehead atoms. The average Bonchev–Trinajstić information content (AvgIpc) is 3.05. The lowest BCUT2D eigenvalue weighted by molar-refractivity contribution is 0.868. The number of fused-ring (bicyclic) bond motifs is 1. The highest BCUT2D eigenvalue weighted by Gasteiger charge is 2.12. The van der Waals surface area contributed by atoms with Crippen molar-refractivity contribution in [2.75, 3.05) is 0 Å². The lowest BCUT2D eigenvalue weighted by atomic mass is 10.0. The van der Waals surface area contributed by atoms with Crippen molar-refractivity contribution in [3.05, 3.63) is 72.4 Å². The zero-order valence-electron chi connectivity index (χ0n) is 13.8. The summed E-state index contributed by atoms with van der Waals surface area (Å²) in [6.45, 7) is 4.41. The van der Waals surface area contributed by atoms with Crippen molar-refractivity contribution >= 4 is 11.0 Å². The summed E-state index contributed by atoms with van der Waals surface area (Å²) >= 11 is 0. The topological polar surface area (TPSA) is 41.6 Å². The van der Waals surface area contributed by atoms with Crippen LogP contribution in [0.25, 0.3) is 33.7 Å². The van der Waals surface area contributed by atoms with Crippen LogP contribution in [0.4, 0.5) is 0 Å². The van der Waals surface area contributed by atoms with E-state index in [4.69, 9.17) is 4.98 Å². The van der Waals surface area contributed by atoms with E-state index in [-0.39, 0.29) is 0 Å². The standard InChI is InChI=1S/C21H19N3/c1-14(2)15-10-11-19-20(13-15)24-21(23-19)17-8-4-3-7-16(17)18-9-5-6-12-22-18/h3-14H,1-2H3,(H,23,24). The third-order valence-electron chi connectivity index (χ3n) is 4.30. The van der Waals surface area contributed by atoms with Crippen LogP contribution in [0.3, 0.4) is 0 Å². The molecule has 3 heteroatoms. The first-order chi connectivity index (χ1) is 11.7. The Morgan fingerprint density at radius 1 is 0.875 bits per heavy atom. The van der Waals surface area contributed by atoms with Gasteiger partial charge >= 0.3 is 0 Å². The normalized spacial score (nSPS) is 11.3. The van der Waals surface area contributed by atoms with Crippen LogP contribution in [0, 0.1) is 0 Å². The van der Waals surface area contributed by atoms with Gasteiger partial charge in [-0.3, -0.25) is 4.98 Å². The predicted octanol–water partition coefficient (Wildman–Crippen LogP) is 5.42. The average molecular weight is 313 g/mol. The molecule has 4 aromatic rings. The van der Waals surface area contributed by atoms with E-state index in [2.05, 4.69) is 54.1 Å². The fourth-order valence-electron chi connectivity index (χ4n) is 2.95. The minimum absolute atomic E-state index is 0.502. The number of nitrogens with one attached hydrogen (secondary N) is 1. The van der Waals surface area contributed by atoms with Crippen LogP contribution < -0.4 is 0 Å². The van der Waals surface area contributed by atoms with Crippen LogP contribution in [-0.2, 0) is 0 Å². The summed E-state index contributed by atoms with van der Waals surface area (Å²) in [4.78, 5) is 12.7. The Morgan fingerprint density at radius 3 is 2.42 bits per heavy atom. The zero-order valence-corrected chi connectivity index (χ0v) is 13.8. The molecule has 0 aliphatic carbocycles. The lowest BCUT2D eigenvalue weighted by Crippen LogP contribution is -1.88. The van der Waals surface area contributed by atoms with Crippen LogP contribution in [0.5, 0.6) is 0 Å². The fourth-order valence-corrected chi connectivity index (χ4v) is 2.95. The number of rotatable bonds is 3. The van der Waals surface area contributed by atoms with E-state index in [1.54, 1.807) is 0 Å². The number of aromatic amines is 1. The van der Waals surface area contributed by atoms with E-state index in [0.29, 0.717) is 5.92 Å². The Morgan fingerprint density at radius 2 is 1.67 bits per heavy atom. The van der Waals surface area contributed by atoms with E-state index in [1.807, 2.05) is 36.5 Å². The van der Waals surface area contributed by atoms with Gasteiger partial charge in [-0.25, -0.2) is 4.98 Å². The molecule has 0 aliphatic rings. The van der Waals surface area contributed by atoms with Crippen molar-refractivity contribution in [1.82, 2.24) is 15.0 Å². The molecule has 4 rings (SSSR count). The third kappa shape index (κ3) is 2.58. The van der Waals surface area contributed by atoms with Crippen molar-refractivity contribution in [2.45, 2.75) is 19.8 Å². The number of hydrogen-bond acceptors (Lipinski definition) is 2. The summed E-state index contributed by atoms with van der Waals surface area (Å²) in [7, 11) is 0. The number of nitrogens with zero attached hydrogens (tertiary/aromatic N) is 2. The van der Waals surface area contributed by atoms with Gasteiger partial charge in [-0.2, -0.15) is 0 Å². The van der Waals surface area contributed by atoms with Crippen molar-refractivity contribution in [3.8, 4) is 22.6 Å². The van der Waals surface area contributed by atoms with Gasteiger partial charge in [-0.05, 0) is 35.7 Å². The SMILES string of the molecule is CC(C)c1ccc2nc(-c3ccccc3-c3ccccn3)[nH]c2c1. The lowest BCUT2D eigenvalue weighted by Gasteiger charge is -2.06. The second-order valence-corrected chi connectivity index (χ2v) is 6.28. The molecule has 1 N–H and O–H groups in total. The number of aromatic nitrogens is 3. The monoisotopic (exact) mass is 313 g/mol. The predicted molar refractivity (Wildman–Crippen MR) is 98.8 cm³/mol. The molecule has 0 amide bonds. The molecule has 0 spiro atoms. The number of H-pyrrole nitrogens is 1. The van der Waals surface area contributed by atoms with Gasteiger partial charge in [0.2, 0.25) is 0 Å². The Balaban J connectivity index is 1.86. The largest absolute Gasteiger partial charge is 0.338 e. The second-order valence-electron chi connectivity index (χ2n) is 6.28. The maximum Gasteiger partial charge on any atom is 0.139 e. The molecule has 118 valence electrons. The van der Waals surface area contributed by atoms with Crippen LogP contribution in [-0.4, -0.2) is 15.0 Å². The van der Waals surface area contributed by atoms with Gasteiger partial charge < -0.3 is 4.98 Å². The van der Waals surface area contributed by atoms with E-state index in [0.717, 1.165) is 33.7 Å². The zero-order chi connectivity index (χ0) is 16.5. The highest BCUT2D eigenvalue weighted by Crippen LogP contribution is 2.31. The third-order valence-corrected chi connectivity index (χ3v) is 4.30. The van der Waals surface area contributed by atoms with E-state index < -0.39 is 0 Å². The molecule has 2 aromatic heterocycles. The van der Waals surface area contributed by atoms with Gasteiger partial charge in [0.15, 0.2) is 0 Å². The summed E-state index contributed by atoms with van der Waals surface area (Å²) in [5.74, 6) is 1.38. The Kier molecular flexibility index (Phi) is 3.62. The molecule has 0 saturated heterocycles. The molecule has 2 heterocycles. The Bertz CT molecular complexity index is 984. The number of benzene rings is 2. The quantitative estimate of drug-likeness (QED) is 0.549. The molecular weight excluding hydrogens is 294 g/mol. The molecule has 2 aromatic carbocycles. The number of imidazole rings is 1. The van der Waals surface area contributed by atoms with Crippen molar-refractivity contribution < 1.29 is 0 Å². The maximum absolute atomic E-state index is 4.79. The smallest absolute Gasteiger partial charge is 0.139 e. The van der Waals surface area contributed by atoms with Gasteiger partial charge in [0.25, 0.3) is 0 Å². The summed E-state index contributed by atoms with van der Waals surface area (Å²) < 4.78 is 0. The van der Waals surface area contributed by atoms with Crippen molar-refractivity contribution in [3.63, 3.8) is 0 Å². The van der Waals surface area contributed by atoms with Crippen LogP contribution in [0.15, 0.2) is 66.9 Å². The summed E-state index contributed by atoms with van der Waals surface area (Å²) in [6, 6.07) is 20.7. The van der Waals surface area contributed by atoms with Gasteiger partial charge in [0.1, 0.15) is 5.82 Å². The van der Waals surface area contributed by atoms with Crippen LogP contribution in [0.2, 0.25) is 0 Å². The van der Waals surface area contributed by atoms with Gasteiger partial charge in [0, 0.05) is 17.3 Å². The molecule has 0 radical (unpaired) electrons. The highest BCUT2D eigenvalue weighted by molar-refractivity contribution is 5.85. The van der Waals surface area contributed by atoms with E-state index in [9.17, 15) is 0 Å². The van der Waals surface area contributed by atoms with Crippen LogP contribution >= 0.6 is 0 Å². The summed E-state index contributed by atoms with van der Waals surface area (Å²) in [6.07, 6.45) is 1.82. The fraction of sp³-hybridized carbons (Fsp3) is 0.143. The number of pyridine rings is 1. The second kappa shape index (κ2) is 5.93. The molecule has 0 unspecified atom stereocenters. The summed E-state index contributed by atoms with van der Waals surface area (Å²) in [5.41, 5.74) is 6.49. The van der Waals surface area contributed by atoms with E-state index in [1.165, 1.54) is 5.56 Å². The van der Waals surface area contributed by atoms with Gasteiger partial charge in [-0.1, -0.05) is 50.2 Å².